The Hall–Kier alpha value is -3.19. The zero-order valence-corrected chi connectivity index (χ0v) is 16.4. The highest BCUT2D eigenvalue weighted by molar-refractivity contribution is 5.81. The van der Waals surface area contributed by atoms with Gasteiger partial charge in [0.2, 0.25) is 0 Å². The number of rotatable bonds is 5. The summed E-state index contributed by atoms with van der Waals surface area (Å²) in [6, 6.07) is 11.2. The van der Waals surface area contributed by atoms with Crippen LogP contribution in [-0.4, -0.2) is 26.1 Å². The van der Waals surface area contributed by atoms with Crippen LogP contribution in [0.1, 0.15) is 38.8 Å². The van der Waals surface area contributed by atoms with Gasteiger partial charge in [-0.3, -0.25) is 0 Å². The fourth-order valence-corrected chi connectivity index (χ4v) is 2.83. The number of aromatic nitrogens is 3. The first kappa shape index (κ1) is 19.6. The maximum atomic E-state index is 11.5. The van der Waals surface area contributed by atoms with E-state index in [2.05, 4.69) is 15.7 Å². The molecule has 0 fully saturated rings. The minimum atomic E-state index is -0.475. The number of hydrogen-bond acceptors (Lipinski definition) is 6. The van der Waals surface area contributed by atoms with Crippen molar-refractivity contribution < 1.29 is 14.7 Å². The molecule has 0 radical (unpaired) electrons. The lowest BCUT2D eigenvalue weighted by atomic mass is 9.85. The van der Waals surface area contributed by atoms with E-state index < -0.39 is 5.97 Å². The highest BCUT2D eigenvalue weighted by atomic mass is 16.7. The molecule has 0 amide bonds. The highest BCUT2D eigenvalue weighted by Crippen LogP contribution is 2.36. The lowest BCUT2D eigenvalue weighted by molar-refractivity contribution is -0.145. The predicted octanol–water partition coefficient (Wildman–Crippen LogP) is 3.55. The third-order valence-electron chi connectivity index (χ3n) is 4.21. The molecule has 0 aliphatic carbocycles. The monoisotopic (exact) mass is 380 g/mol. The molecule has 7 nitrogen and oxygen atoms in total. The van der Waals surface area contributed by atoms with Crippen LogP contribution in [0.3, 0.4) is 0 Å². The van der Waals surface area contributed by atoms with Crippen molar-refractivity contribution in [2.75, 3.05) is 0 Å². The fourth-order valence-electron chi connectivity index (χ4n) is 2.83. The Morgan fingerprint density at radius 2 is 1.86 bits per heavy atom. The second kappa shape index (κ2) is 7.82. The zero-order chi connectivity index (χ0) is 20.3. The minimum absolute atomic E-state index is 0.127. The third-order valence-corrected chi connectivity index (χ3v) is 4.21. The van der Waals surface area contributed by atoms with E-state index in [1.54, 1.807) is 19.1 Å². The number of carbonyl (C=O) groups excluding carboxylic acids is 1. The van der Waals surface area contributed by atoms with Gasteiger partial charge in [0.15, 0.2) is 0 Å². The van der Waals surface area contributed by atoms with Gasteiger partial charge in [0, 0.05) is 11.6 Å². The molecule has 0 unspecified atom stereocenters. The first-order valence-corrected chi connectivity index (χ1v) is 9.05. The summed E-state index contributed by atoms with van der Waals surface area (Å²) in [5, 5.41) is 19.8. The summed E-state index contributed by atoms with van der Waals surface area (Å²) in [6.45, 7) is 8.07. The van der Waals surface area contributed by atoms with E-state index >= 15 is 0 Å². The number of hydroxylamine groups is 1. The van der Waals surface area contributed by atoms with Crippen LogP contribution in [0, 0.1) is 0 Å². The third kappa shape index (κ3) is 4.20. The summed E-state index contributed by atoms with van der Waals surface area (Å²) in [5.41, 5.74) is 5.88. The number of allylic oxidation sites excluding steroid dienone is 1. The van der Waals surface area contributed by atoms with Crippen molar-refractivity contribution in [1.82, 2.24) is 20.5 Å². The lowest BCUT2D eigenvalue weighted by Gasteiger charge is -2.23. The topological polar surface area (TPSA) is 89.3 Å². The molecule has 7 heteroatoms. The van der Waals surface area contributed by atoms with Crippen LogP contribution >= 0.6 is 0 Å². The maximum Gasteiger partial charge on any atom is 0.349 e. The number of phenols is 1. The molecule has 0 aliphatic heterocycles. The molecule has 0 atom stereocenters. The zero-order valence-electron chi connectivity index (χ0n) is 16.4. The van der Waals surface area contributed by atoms with E-state index in [0.717, 1.165) is 22.2 Å². The van der Waals surface area contributed by atoms with Gasteiger partial charge in [-0.25, -0.2) is 4.79 Å². The molecule has 1 aromatic heterocycles. The van der Waals surface area contributed by atoms with Crippen molar-refractivity contribution >= 4 is 17.0 Å². The minimum Gasteiger partial charge on any atom is -0.505 e. The van der Waals surface area contributed by atoms with Crippen molar-refractivity contribution in [3.05, 3.63) is 59.7 Å². The van der Waals surface area contributed by atoms with E-state index in [1.807, 2.05) is 51.1 Å². The van der Waals surface area contributed by atoms with Crippen molar-refractivity contribution in [1.29, 1.82) is 0 Å². The molecular formula is C21H24N4O3. The van der Waals surface area contributed by atoms with Crippen molar-refractivity contribution in [3.63, 3.8) is 0 Å². The van der Waals surface area contributed by atoms with E-state index in [9.17, 15) is 9.90 Å². The lowest BCUT2D eigenvalue weighted by Crippen LogP contribution is -2.19. The van der Waals surface area contributed by atoms with Crippen molar-refractivity contribution in [3.8, 4) is 11.4 Å². The smallest absolute Gasteiger partial charge is 0.349 e. The number of nitrogens with one attached hydrogen (secondary N) is 1. The maximum absolute atomic E-state index is 11.5. The standard InChI is InChI=1S/C21H24N4O3/c1-5-8-19(26)28-22-13-14-11-15(21(2,3)4)20(27)18(12-14)25-23-16-9-6-7-10-17(16)24-25/h5-12,22,27H,13H2,1-4H3. The number of aromatic hydroxyl groups is 1. The molecule has 3 aromatic rings. The average molecular weight is 380 g/mol. The van der Waals surface area contributed by atoms with Gasteiger partial charge in [-0.15, -0.1) is 20.5 Å². The van der Waals surface area contributed by atoms with Crippen LogP contribution in [0.5, 0.6) is 5.75 Å². The van der Waals surface area contributed by atoms with Crippen LogP contribution in [0.2, 0.25) is 0 Å². The molecule has 0 spiro atoms. The van der Waals surface area contributed by atoms with E-state index in [-0.39, 0.29) is 17.7 Å². The highest BCUT2D eigenvalue weighted by Gasteiger charge is 2.23. The van der Waals surface area contributed by atoms with Gasteiger partial charge in [-0.1, -0.05) is 45.0 Å². The number of fused-ring (bicyclic) bond motifs is 1. The number of carbonyl (C=O) groups is 1. The van der Waals surface area contributed by atoms with E-state index in [1.165, 1.54) is 10.9 Å². The fraction of sp³-hybridized carbons (Fsp3) is 0.286. The van der Waals surface area contributed by atoms with Gasteiger partial charge in [0.1, 0.15) is 22.5 Å². The van der Waals surface area contributed by atoms with Gasteiger partial charge < -0.3 is 9.94 Å². The Labute approximate surface area is 163 Å². The number of benzene rings is 2. The number of nitrogens with zero attached hydrogens (tertiary/aromatic N) is 3. The molecule has 0 saturated heterocycles. The Morgan fingerprint density at radius 1 is 1.21 bits per heavy atom. The molecule has 0 aliphatic rings. The Balaban J connectivity index is 1.99. The molecule has 146 valence electrons. The molecule has 1 heterocycles. The SMILES string of the molecule is CC=CC(=O)ONCc1cc(-n2nc3ccccc3n2)c(O)c(C(C)(C)C)c1. The van der Waals surface area contributed by atoms with Crippen LogP contribution in [0.4, 0.5) is 0 Å². The average Bonchev–Trinajstić information content (AvgIpc) is 3.06. The summed E-state index contributed by atoms with van der Waals surface area (Å²) >= 11 is 0. The molecule has 3 rings (SSSR count). The second-order valence-electron chi connectivity index (χ2n) is 7.48. The van der Waals surface area contributed by atoms with Crippen LogP contribution in [0.25, 0.3) is 16.7 Å². The largest absolute Gasteiger partial charge is 0.505 e. The van der Waals surface area contributed by atoms with Gasteiger partial charge in [-0.05, 0) is 36.1 Å². The molecule has 28 heavy (non-hydrogen) atoms. The first-order chi connectivity index (χ1) is 13.3. The van der Waals surface area contributed by atoms with Gasteiger partial charge in [0.25, 0.3) is 0 Å². The normalized spacial score (nSPS) is 12.0. The van der Waals surface area contributed by atoms with Crippen LogP contribution in [-0.2, 0) is 21.6 Å². The summed E-state index contributed by atoms with van der Waals surface area (Å²) < 4.78 is 0. The quantitative estimate of drug-likeness (QED) is 0.520. The van der Waals surface area contributed by atoms with Crippen LogP contribution in [0.15, 0.2) is 48.6 Å². The molecule has 2 aromatic carbocycles. The second-order valence-corrected chi connectivity index (χ2v) is 7.48. The van der Waals surface area contributed by atoms with Gasteiger partial charge in [-0.2, -0.15) is 0 Å². The van der Waals surface area contributed by atoms with Crippen LogP contribution < -0.4 is 5.48 Å². The summed E-state index contributed by atoms with van der Waals surface area (Å²) in [7, 11) is 0. The van der Waals surface area contributed by atoms with Crippen molar-refractivity contribution in [2.24, 2.45) is 0 Å². The van der Waals surface area contributed by atoms with Crippen molar-refractivity contribution in [2.45, 2.75) is 39.7 Å². The summed E-state index contributed by atoms with van der Waals surface area (Å²) in [4.78, 5) is 17.9. The number of hydrogen-bond donors (Lipinski definition) is 2. The van der Waals surface area contributed by atoms with E-state index in [4.69, 9.17) is 4.84 Å². The Bertz CT molecular complexity index is 999. The summed E-state index contributed by atoms with van der Waals surface area (Å²) in [6.07, 6.45) is 2.93. The molecule has 2 N–H and O–H groups in total. The first-order valence-electron chi connectivity index (χ1n) is 9.05. The summed E-state index contributed by atoms with van der Waals surface area (Å²) in [5.74, 6) is -0.347. The molecule has 0 saturated carbocycles. The number of phenolic OH excluding ortho intramolecular Hbond substituents is 1. The van der Waals surface area contributed by atoms with E-state index in [0.29, 0.717) is 5.69 Å². The molecule has 0 bridgehead atoms. The molecular weight excluding hydrogens is 356 g/mol. The Kier molecular flexibility index (Phi) is 5.46. The Morgan fingerprint density at radius 3 is 2.43 bits per heavy atom. The van der Waals surface area contributed by atoms with Gasteiger partial charge >= 0.3 is 5.97 Å². The van der Waals surface area contributed by atoms with Gasteiger partial charge in [0.05, 0.1) is 6.54 Å². The predicted molar refractivity (Wildman–Crippen MR) is 107 cm³/mol.